The van der Waals surface area contributed by atoms with Crippen LogP contribution >= 0.6 is 31.9 Å². The highest BCUT2D eigenvalue weighted by Crippen LogP contribution is 2.17. The van der Waals surface area contributed by atoms with E-state index in [-0.39, 0.29) is 0 Å². The minimum absolute atomic E-state index is 0.657. The van der Waals surface area contributed by atoms with Crippen LogP contribution in [-0.4, -0.2) is 13.2 Å². The van der Waals surface area contributed by atoms with Crippen molar-refractivity contribution in [2.75, 3.05) is 13.2 Å². The fourth-order valence-corrected chi connectivity index (χ4v) is 2.50. The van der Waals surface area contributed by atoms with E-state index in [4.69, 9.17) is 4.74 Å². The second-order valence-electron chi connectivity index (χ2n) is 4.11. The maximum absolute atomic E-state index is 5.65. The number of ether oxygens (including phenoxy) is 1. The van der Waals surface area contributed by atoms with E-state index in [1.54, 1.807) is 0 Å². The van der Waals surface area contributed by atoms with Crippen LogP contribution in [0, 0.1) is 0 Å². The Hall–Kier alpha value is -0.840. The van der Waals surface area contributed by atoms with E-state index >= 15 is 0 Å². The molecule has 0 heterocycles. The molecule has 0 spiro atoms. The number of hydrogen-bond acceptors (Lipinski definition) is 2. The van der Waals surface area contributed by atoms with Gasteiger partial charge in [-0.1, -0.05) is 50.1 Å². The van der Waals surface area contributed by atoms with Crippen LogP contribution in [0.5, 0.6) is 5.75 Å². The molecule has 0 amide bonds. The highest BCUT2D eigenvalue weighted by Gasteiger charge is 1.96. The van der Waals surface area contributed by atoms with Crippen LogP contribution in [-0.2, 0) is 6.54 Å². The van der Waals surface area contributed by atoms with Crippen molar-refractivity contribution in [1.82, 2.24) is 5.32 Å². The van der Waals surface area contributed by atoms with E-state index in [2.05, 4.69) is 49.3 Å². The van der Waals surface area contributed by atoms with Crippen molar-refractivity contribution in [1.29, 1.82) is 0 Å². The fraction of sp³-hybridized carbons (Fsp3) is 0.200. The molecule has 1 N–H and O–H groups in total. The van der Waals surface area contributed by atoms with Crippen molar-refractivity contribution in [2.45, 2.75) is 6.54 Å². The van der Waals surface area contributed by atoms with Crippen LogP contribution in [0.2, 0.25) is 0 Å². The average Bonchev–Trinajstić information content (AvgIpc) is 2.38. The second-order valence-corrected chi connectivity index (χ2v) is 5.94. The van der Waals surface area contributed by atoms with Gasteiger partial charge < -0.3 is 10.1 Å². The summed E-state index contributed by atoms with van der Waals surface area (Å²) < 4.78 is 7.79. The van der Waals surface area contributed by atoms with E-state index < -0.39 is 0 Å². The monoisotopic (exact) mass is 383 g/mol. The topological polar surface area (TPSA) is 21.3 Å². The first-order valence-corrected chi connectivity index (χ1v) is 7.66. The van der Waals surface area contributed by atoms with Crippen molar-refractivity contribution in [3.63, 3.8) is 0 Å². The summed E-state index contributed by atoms with van der Waals surface area (Å²) in [6.45, 7) is 2.32. The lowest BCUT2D eigenvalue weighted by Crippen LogP contribution is -2.20. The van der Waals surface area contributed by atoms with Gasteiger partial charge in [0.1, 0.15) is 12.4 Å². The third-order valence-corrected chi connectivity index (χ3v) is 3.55. The molecule has 2 nitrogen and oxygen atoms in total. The Morgan fingerprint density at radius 3 is 2.42 bits per heavy atom. The lowest BCUT2D eigenvalue weighted by Gasteiger charge is -2.08. The van der Waals surface area contributed by atoms with Crippen LogP contribution in [0.4, 0.5) is 0 Å². The van der Waals surface area contributed by atoms with Gasteiger partial charge in [-0.15, -0.1) is 0 Å². The summed E-state index contributed by atoms with van der Waals surface area (Å²) in [5, 5.41) is 3.36. The molecule has 0 aliphatic carbocycles. The largest absolute Gasteiger partial charge is 0.492 e. The molecule has 2 rings (SSSR count). The highest BCUT2D eigenvalue weighted by atomic mass is 79.9. The lowest BCUT2D eigenvalue weighted by atomic mass is 10.2. The molecule has 0 unspecified atom stereocenters. The average molecular weight is 385 g/mol. The zero-order chi connectivity index (χ0) is 13.5. The Labute approximate surface area is 130 Å². The first-order chi connectivity index (χ1) is 9.24. The van der Waals surface area contributed by atoms with Gasteiger partial charge in [0.2, 0.25) is 0 Å². The normalized spacial score (nSPS) is 10.4. The van der Waals surface area contributed by atoms with Gasteiger partial charge in [-0.25, -0.2) is 0 Å². The summed E-state index contributed by atoms with van der Waals surface area (Å²) in [7, 11) is 0. The summed E-state index contributed by atoms with van der Waals surface area (Å²) in [6, 6.07) is 16.2. The molecular formula is C15H15Br2NO. The summed E-state index contributed by atoms with van der Waals surface area (Å²) in [6.07, 6.45) is 0. The van der Waals surface area contributed by atoms with Crippen LogP contribution in [0.15, 0.2) is 57.5 Å². The Bertz CT molecular complexity index is 484. The first-order valence-electron chi connectivity index (χ1n) is 6.07. The predicted octanol–water partition coefficient (Wildman–Crippen LogP) is 4.38. The van der Waals surface area contributed by atoms with Gasteiger partial charge in [0, 0.05) is 22.0 Å². The number of benzene rings is 2. The van der Waals surface area contributed by atoms with Crippen molar-refractivity contribution in [3.8, 4) is 5.75 Å². The zero-order valence-electron chi connectivity index (χ0n) is 10.4. The maximum atomic E-state index is 5.65. The minimum atomic E-state index is 0.657. The van der Waals surface area contributed by atoms with Crippen LogP contribution in [0.25, 0.3) is 0 Å². The molecule has 2 aromatic carbocycles. The molecule has 0 aliphatic rings. The van der Waals surface area contributed by atoms with Crippen LogP contribution in [0.3, 0.4) is 0 Å². The maximum Gasteiger partial charge on any atom is 0.120 e. The molecular weight excluding hydrogens is 370 g/mol. The standard InChI is InChI=1S/C15H15Br2NO/c16-13-4-1-3-12(9-13)11-18-7-8-19-15-6-2-5-14(17)10-15/h1-6,9-10,18H,7-8,11H2. The molecule has 0 atom stereocenters. The summed E-state index contributed by atoms with van der Waals surface area (Å²) in [5.74, 6) is 0.888. The van der Waals surface area contributed by atoms with Gasteiger partial charge in [0.25, 0.3) is 0 Å². The van der Waals surface area contributed by atoms with Crippen molar-refractivity contribution in [3.05, 3.63) is 63.0 Å². The van der Waals surface area contributed by atoms with E-state index in [1.165, 1.54) is 5.56 Å². The molecule has 0 aliphatic heterocycles. The Morgan fingerprint density at radius 2 is 1.68 bits per heavy atom. The zero-order valence-corrected chi connectivity index (χ0v) is 13.6. The molecule has 0 bridgehead atoms. The number of nitrogens with one attached hydrogen (secondary N) is 1. The number of halogens is 2. The molecule has 0 aromatic heterocycles. The van der Waals surface area contributed by atoms with Gasteiger partial charge in [0.15, 0.2) is 0 Å². The van der Waals surface area contributed by atoms with Gasteiger partial charge in [0.05, 0.1) is 0 Å². The highest BCUT2D eigenvalue weighted by molar-refractivity contribution is 9.10. The quantitative estimate of drug-likeness (QED) is 0.746. The Morgan fingerprint density at radius 1 is 0.947 bits per heavy atom. The lowest BCUT2D eigenvalue weighted by molar-refractivity contribution is 0.313. The third-order valence-electron chi connectivity index (χ3n) is 2.56. The molecule has 19 heavy (non-hydrogen) atoms. The molecule has 0 fully saturated rings. The smallest absolute Gasteiger partial charge is 0.120 e. The van der Waals surface area contributed by atoms with E-state index in [0.717, 1.165) is 27.8 Å². The third kappa shape index (κ3) is 5.35. The van der Waals surface area contributed by atoms with E-state index in [0.29, 0.717) is 6.61 Å². The molecule has 0 saturated heterocycles. The molecule has 4 heteroatoms. The fourth-order valence-electron chi connectivity index (χ4n) is 1.68. The SMILES string of the molecule is Brc1cccc(CNCCOc2cccc(Br)c2)c1. The molecule has 0 saturated carbocycles. The van der Waals surface area contributed by atoms with Crippen molar-refractivity contribution in [2.24, 2.45) is 0 Å². The van der Waals surface area contributed by atoms with Gasteiger partial charge in [-0.2, -0.15) is 0 Å². The van der Waals surface area contributed by atoms with Crippen molar-refractivity contribution < 1.29 is 4.74 Å². The second kappa shape index (κ2) is 7.68. The van der Waals surface area contributed by atoms with E-state index in [9.17, 15) is 0 Å². The van der Waals surface area contributed by atoms with Crippen LogP contribution in [0.1, 0.15) is 5.56 Å². The predicted molar refractivity (Wildman–Crippen MR) is 85.5 cm³/mol. The minimum Gasteiger partial charge on any atom is -0.492 e. The van der Waals surface area contributed by atoms with Gasteiger partial charge in [-0.05, 0) is 35.9 Å². The number of rotatable bonds is 6. The molecule has 100 valence electrons. The molecule has 0 radical (unpaired) electrons. The van der Waals surface area contributed by atoms with Gasteiger partial charge >= 0.3 is 0 Å². The Balaban J connectivity index is 1.67. The molecule has 2 aromatic rings. The van der Waals surface area contributed by atoms with Crippen LogP contribution < -0.4 is 10.1 Å². The first kappa shape index (κ1) is 14.6. The summed E-state index contributed by atoms with van der Waals surface area (Å²) in [4.78, 5) is 0. The summed E-state index contributed by atoms with van der Waals surface area (Å²) >= 11 is 6.89. The van der Waals surface area contributed by atoms with E-state index in [1.807, 2.05) is 36.4 Å². The van der Waals surface area contributed by atoms with Gasteiger partial charge in [-0.3, -0.25) is 0 Å². The number of hydrogen-bond donors (Lipinski definition) is 1. The summed E-state index contributed by atoms with van der Waals surface area (Å²) in [5.41, 5.74) is 1.26. The Kier molecular flexibility index (Phi) is 5.89. The van der Waals surface area contributed by atoms with Crippen molar-refractivity contribution >= 4 is 31.9 Å².